The summed E-state index contributed by atoms with van der Waals surface area (Å²) in [6.45, 7) is 5.83. The van der Waals surface area contributed by atoms with Crippen LogP contribution in [-0.2, 0) is 0 Å². The first kappa shape index (κ1) is 16.7. The van der Waals surface area contributed by atoms with Crippen molar-refractivity contribution in [2.45, 2.75) is 58.8 Å². The van der Waals surface area contributed by atoms with Crippen LogP contribution in [0.1, 0.15) is 58.8 Å². The summed E-state index contributed by atoms with van der Waals surface area (Å²) in [4.78, 5) is 8.07. The maximum absolute atomic E-state index is 13.6. The second-order valence-electron chi connectivity index (χ2n) is 5.01. The van der Waals surface area contributed by atoms with Crippen molar-refractivity contribution in [1.29, 1.82) is 0 Å². The van der Waals surface area contributed by atoms with E-state index in [1.807, 2.05) is 0 Å². The minimum atomic E-state index is -0.391. The minimum absolute atomic E-state index is 0.298. The number of aromatic nitrogens is 2. The summed E-state index contributed by atoms with van der Waals surface area (Å²) >= 11 is 0. The number of hydrogen-bond donors (Lipinski definition) is 2. The van der Waals surface area contributed by atoms with Crippen molar-refractivity contribution in [2.75, 3.05) is 23.7 Å². The van der Waals surface area contributed by atoms with Crippen molar-refractivity contribution in [3.63, 3.8) is 0 Å². The highest BCUT2D eigenvalue weighted by molar-refractivity contribution is 5.40. The Morgan fingerprint density at radius 3 is 2.45 bits per heavy atom. The Morgan fingerprint density at radius 2 is 1.70 bits per heavy atom. The van der Waals surface area contributed by atoms with Crippen LogP contribution in [0.25, 0.3) is 0 Å². The van der Waals surface area contributed by atoms with Crippen LogP contribution in [0.15, 0.2) is 6.20 Å². The molecule has 0 aromatic carbocycles. The van der Waals surface area contributed by atoms with Crippen LogP contribution in [0.4, 0.5) is 16.2 Å². The molecule has 20 heavy (non-hydrogen) atoms. The molecule has 5 heteroatoms. The molecule has 0 saturated carbocycles. The third-order valence-electron chi connectivity index (χ3n) is 3.10. The molecule has 1 heterocycles. The van der Waals surface area contributed by atoms with E-state index < -0.39 is 5.82 Å². The van der Waals surface area contributed by atoms with Crippen molar-refractivity contribution < 1.29 is 4.39 Å². The van der Waals surface area contributed by atoms with Crippen LogP contribution in [-0.4, -0.2) is 23.1 Å². The monoisotopic (exact) mass is 282 g/mol. The summed E-state index contributed by atoms with van der Waals surface area (Å²) in [5.41, 5.74) is 0. The summed E-state index contributed by atoms with van der Waals surface area (Å²) in [7, 11) is 0. The van der Waals surface area contributed by atoms with Gasteiger partial charge in [0.2, 0.25) is 5.95 Å². The molecule has 0 aliphatic heterocycles. The van der Waals surface area contributed by atoms with E-state index in [2.05, 4.69) is 34.4 Å². The smallest absolute Gasteiger partial charge is 0.224 e. The first-order valence-electron chi connectivity index (χ1n) is 7.78. The largest absolute Gasteiger partial charge is 0.367 e. The molecule has 0 spiro atoms. The molecule has 0 aliphatic rings. The Hall–Kier alpha value is -1.39. The Morgan fingerprint density at radius 1 is 0.950 bits per heavy atom. The molecule has 2 N–H and O–H groups in total. The van der Waals surface area contributed by atoms with Gasteiger partial charge in [0.1, 0.15) is 0 Å². The van der Waals surface area contributed by atoms with Crippen LogP contribution < -0.4 is 10.6 Å². The van der Waals surface area contributed by atoms with Gasteiger partial charge in [0.15, 0.2) is 11.6 Å². The quantitative estimate of drug-likeness (QED) is 0.597. The fourth-order valence-electron chi connectivity index (χ4n) is 1.93. The molecule has 0 aliphatic carbocycles. The van der Waals surface area contributed by atoms with Crippen molar-refractivity contribution in [3.05, 3.63) is 12.0 Å². The van der Waals surface area contributed by atoms with E-state index in [1.165, 1.54) is 38.3 Å². The first-order chi connectivity index (χ1) is 9.77. The molecular weight excluding hydrogens is 255 g/mol. The average Bonchev–Trinajstić information content (AvgIpc) is 2.46. The van der Waals surface area contributed by atoms with Gasteiger partial charge in [-0.3, -0.25) is 0 Å². The Bertz CT molecular complexity index is 371. The zero-order valence-electron chi connectivity index (χ0n) is 12.7. The molecule has 1 rings (SSSR count). The van der Waals surface area contributed by atoms with Gasteiger partial charge >= 0.3 is 0 Å². The van der Waals surface area contributed by atoms with Gasteiger partial charge < -0.3 is 10.6 Å². The van der Waals surface area contributed by atoms with Gasteiger partial charge in [-0.25, -0.2) is 9.37 Å². The molecule has 0 fully saturated rings. The lowest BCUT2D eigenvalue weighted by Crippen LogP contribution is -2.10. The average molecular weight is 282 g/mol. The lowest BCUT2D eigenvalue weighted by Gasteiger charge is -2.08. The van der Waals surface area contributed by atoms with Crippen molar-refractivity contribution in [2.24, 2.45) is 0 Å². The molecular formula is C15H27FN4. The number of nitrogens with one attached hydrogen (secondary N) is 2. The standard InChI is InChI=1S/C15H27FN4/c1-3-5-6-7-8-9-11-17-14-13(16)12-19-15(20-14)18-10-4-2/h12H,3-11H2,1-2H3,(H2,17,18,19,20). The van der Waals surface area contributed by atoms with Crippen molar-refractivity contribution in [1.82, 2.24) is 9.97 Å². The van der Waals surface area contributed by atoms with E-state index in [9.17, 15) is 4.39 Å². The molecule has 4 nitrogen and oxygen atoms in total. The van der Waals surface area contributed by atoms with Gasteiger partial charge in [-0.1, -0.05) is 46.0 Å². The van der Waals surface area contributed by atoms with Crippen LogP contribution in [0, 0.1) is 5.82 Å². The molecule has 1 aromatic heterocycles. The van der Waals surface area contributed by atoms with Crippen molar-refractivity contribution in [3.8, 4) is 0 Å². The summed E-state index contributed by atoms with van der Waals surface area (Å²) in [6.07, 6.45) is 9.55. The third-order valence-corrected chi connectivity index (χ3v) is 3.10. The number of nitrogens with zero attached hydrogens (tertiary/aromatic N) is 2. The second-order valence-corrected chi connectivity index (χ2v) is 5.01. The third kappa shape index (κ3) is 6.68. The Kier molecular flexibility index (Phi) is 8.67. The molecule has 1 aromatic rings. The summed E-state index contributed by atoms with van der Waals surface area (Å²) in [5, 5.41) is 6.11. The predicted octanol–water partition coefficient (Wildman–Crippen LogP) is 4.21. The van der Waals surface area contributed by atoms with Gasteiger partial charge in [-0.2, -0.15) is 4.98 Å². The van der Waals surface area contributed by atoms with Gasteiger partial charge in [-0.05, 0) is 12.8 Å². The van der Waals surface area contributed by atoms with E-state index in [0.29, 0.717) is 11.8 Å². The van der Waals surface area contributed by atoms with Gasteiger partial charge in [0.25, 0.3) is 0 Å². The zero-order chi connectivity index (χ0) is 14.6. The molecule has 0 atom stereocenters. The zero-order valence-corrected chi connectivity index (χ0v) is 12.7. The highest BCUT2D eigenvalue weighted by atomic mass is 19.1. The highest BCUT2D eigenvalue weighted by Crippen LogP contribution is 2.12. The maximum Gasteiger partial charge on any atom is 0.224 e. The molecule has 0 bridgehead atoms. The van der Waals surface area contributed by atoms with E-state index in [-0.39, 0.29) is 0 Å². The number of hydrogen-bond acceptors (Lipinski definition) is 4. The molecule has 114 valence electrons. The van der Waals surface area contributed by atoms with Crippen LogP contribution in [0.5, 0.6) is 0 Å². The highest BCUT2D eigenvalue weighted by Gasteiger charge is 2.05. The molecule has 0 amide bonds. The minimum Gasteiger partial charge on any atom is -0.367 e. The lowest BCUT2D eigenvalue weighted by atomic mass is 10.1. The summed E-state index contributed by atoms with van der Waals surface area (Å²) in [5.74, 6) is 0.392. The maximum atomic E-state index is 13.6. The number of rotatable bonds is 11. The normalized spacial score (nSPS) is 10.6. The molecule has 0 radical (unpaired) electrons. The van der Waals surface area contributed by atoms with Crippen LogP contribution in [0.2, 0.25) is 0 Å². The first-order valence-corrected chi connectivity index (χ1v) is 7.78. The topological polar surface area (TPSA) is 49.8 Å². The summed E-state index contributed by atoms with van der Waals surface area (Å²) in [6, 6.07) is 0. The van der Waals surface area contributed by atoms with E-state index in [0.717, 1.165) is 25.9 Å². The van der Waals surface area contributed by atoms with Gasteiger partial charge in [0, 0.05) is 13.1 Å². The van der Waals surface area contributed by atoms with E-state index in [4.69, 9.17) is 0 Å². The van der Waals surface area contributed by atoms with Gasteiger partial charge in [-0.15, -0.1) is 0 Å². The Labute approximate surface area is 121 Å². The summed E-state index contributed by atoms with van der Waals surface area (Å²) < 4.78 is 13.6. The van der Waals surface area contributed by atoms with E-state index in [1.54, 1.807) is 0 Å². The molecule has 0 saturated heterocycles. The van der Waals surface area contributed by atoms with Crippen molar-refractivity contribution >= 4 is 11.8 Å². The lowest BCUT2D eigenvalue weighted by molar-refractivity contribution is 0.605. The fourth-order valence-corrected chi connectivity index (χ4v) is 1.93. The number of anilines is 2. The fraction of sp³-hybridized carbons (Fsp3) is 0.733. The van der Waals surface area contributed by atoms with Gasteiger partial charge in [0.05, 0.1) is 6.20 Å². The van der Waals surface area contributed by atoms with E-state index >= 15 is 0 Å². The Balaban J connectivity index is 2.27. The number of unbranched alkanes of at least 4 members (excludes halogenated alkanes) is 5. The predicted molar refractivity (Wildman–Crippen MR) is 82.6 cm³/mol. The second kappa shape index (κ2) is 10.4. The number of halogens is 1. The SMILES string of the molecule is CCCCCCCCNc1nc(NCCC)ncc1F. The van der Waals surface area contributed by atoms with Crippen LogP contribution in [0.3, 0.4) is 0 Å². The molecule has 0 unspecified atom stereocenters. The van der Waals surface area contributed by atoms with Crippen LogP contribution >= 0.6 is 0 Å².